The molecule has 0 saturated heterocycles. The van der Waals surface area contributed by atoms with Crippen LogP contribution in [0.4, 0.5) is 21.8 Å². The van der Waals surface area contributed by atoms with Gasteiger partial charge in [0.05, 0.1) is 21.5 Å². The summed E-state index contributed by atoms with van der Waals surface area (Å²) in [6, 6.07) is 7.39. The third kappa shape index (κ3) is 3.89. The number of nitrogens with zero attached hydrogens (tertiary/aromatic N) is 4. The Balaban J connectivity index is 1.86. The number of nitro groups is 2. The molecule has 0 spiro atoms. The molecule has 0 saturated carbocycles. The fourth-order valence-corrected chi connectivity index (χ4v) is 2.12. The molecule has 1 aromatic heterocycles. The topological polar surface area (TPSA) is 154 Å². The number of hydrogen-bond donors (Lipinski definition) is 1. The molecule has 3 aromatic rings. The summed E-state index contributed by atoms with van der Waals surface area (Å²) in [4.78, 5) is 32.2. The molecule has 0 atom stereocenters. The zero-order chi connectivity index (χ0) is 19.6. The van der Waals surface area contributed by atoms with Gasteiger partial charge in [-0.3, -0.25) is 30.3 Å². The van der Waals surface area contributed by atoms with Crippen LogP contribution in [0.5, 0.6) is 0 Å². The van der Waals surface area contributed by atoms with Gasteiger partial charge in [0.25, 0.3) is 17.3 Å². The van der Waals surface area contributed by atoms with E-state index in [1.165, 1.54) is 18.2 Å². The summed E-state index contributed by atoms with van der Waals surface area (Å²) in [5.41, 5.74) is -1.32. The zero-order valence-electron chi connectivity index (χ0n) is 13.2. The molecule has 136 valence electrons. The second-order valence-electron chi connectivity index (χ2n) is 5.13. The number of aromatic nitrogens is 2. The van der Waals surface area contributed by atoms with Crippen LogP contribution in [-0.4, -0.2) is 26.0 Å². The first-order valence-electron chi connectivity index (χ1n) is 7.18. The van der Waals surface area contributed by atoms with Crippen molar-refractivity contribution in [3.63, 3.8) is 0 Å². The van der Waals surface area contributed by atoms with Crippen molar-refractivity contribution < 1.29 is 23.4 Å². The van der Waals surface area contributed by atoms with Gasteiger partial charge >= 0.3 is 6.01 Å². The number of nitro benzene ring substituents is 2. The monoisotopic (exact) mass is 373 g/mol. The molecular formula is C15H8FN5O6. The molecule has 27 heavy (non-hydrogen) atoms. The molecule has 1 N–H and O–H groups in total. The fourth-order valence-electron chi connectivity index (χ4n) is 2.12. The summed E-state index contributed by atoms with van der Waals surface area (Å²) in [6.07, 6.45) is 0. The first kappa shape index (κ1) is 17.6. The van der Waals surface area contributed by atoms with E-state index in [0.717, 1.165) is 24.3 Å². The number of amides is 1. The van der Waals surface area contributed by atoms with Crippen LogP contribution in [0, 0.1) is 26.0 Å². The standard InChI is InChI=1S/C15H8FN5O6/c16-10-3-1-2-8(4-10)14-18-19-15(27-14)17-13(22)9-5-11(20(23)24)7-12(6-9)21(25)26/h1-7H,(H,17,19,22). The summed E-state index contributed by atoms with van der Waals surface area (Å²) in [7, 11) is 0. The molecule has 12 heteroatoms. The van der Waals surface area contributed by atoms with Gasteiger partial charge in [0.15, 0.2) is 0 Å². The summed E-state index contributed by atoms with van der Waals surface area (Å²) in [6.45, 7) is 0. The summed E-state index contributed by atoms with van der Waals surface area (Å²) >= 11 is 0. The van der Waals surface area contributed by atoms with E-state index < -0.39 is 32.9 Å². The van der Waals surface area contributed by atoms with Gasteiger partial charge in [-0.25, -0.2) is 4.39 Å². The van der Waals surface area contributed by atoms with Gasteiger partial charge in [-0.1, -0.05) is 11.2 Å². The van der Waals surface area contributed by atoms with Gasteiger partial charge in [-0.15, -0.1) is 5.10 Å². The van der Waals surface area contributed by atoms with Gasteiger partial charge in [0, 0.05) is 17.7 Å². The third-order valence-electron chi connectivity index (χ3n) is 3.30. The van der Waals surface area contributed by atoms with Crippen LogP contribution in [0.1, 0.15) is 10.4 Å². The predicted molar refractivity (Wildman–Crippen MR) is 87.4 cm³/mol. The minimum Gasteiger partial charge on any atom is -0.403 e. The average Bonchev–Trinajstić information content (AvgIpc) is 3.09. The molecule has 1 amide bonds. The first-order chi connectivity index (χ1) is 12.8. The van der Waals surface area contributed by atoms with Crippen LogP contribution in [0.15, 0.2) is 46.9 Å². The second kappa shape index (κ2) is 6.95. The maximum absolute atomic E-state index is 13.2. The number of benzene rings is 2. The van der Waals surface area contributed by atoms with Crippen molar-refractivity contribution in [3.8, 4) is 11.5 Å². The second-order valence-corrected chi connectivity index (χ2v) is 5.13. The largest absolute Gasteiger partial charge is 0.403 e. The van der Waals surface area contributed by atoms with E-state index >= 15 is 0 Å². The lowest BCUT2D eigenvalue weighted by Crippen LogP contribution is -2.13. The highest BCUT2D eigenvalue weighted by Gasteiger charge is 2.21. The highest BCUT2D eigenvalue weighted by molar-refractivity contribution is 6.04. The molecule has 11 nitrogen and oxygen atoms in total. The molecule has 0 fully saturated rings. The summed E-state index contributed by atoms with van der Waals surface area (Å²) in [5, 5.41) is 31.1. The van der Waals surface area contributed by atoms with E-state index in [2.05, 4.69) is 15.5 Å². The Morgan fingerprint density at radius 1 is 1.04 bits per heavy atom. The van der Waals surface area contributed by atoms with Gasteiger partial charge < -0.3 is 4.42 Å². The van der Waals surface area contributed by atoms with Crippen molar-refractivity contribution in [2.45, 2.75) is 0 Å². The molecule has 2 aromatic carbocycles. The Labute approximate surface area is 148 Å². The normalized spacial score (nSPS) is 10.4. The van der Waals surface area contributed by atoms with Gasteiger partial charge in [0.1, 0.15) is 5.82 Å². The molecule has 3 rings (SSSR count). The molecule has 0 aliphatic heterocycles. The predicted octanol–water partition coefficient (Wildman–Crippen LogP) is 2.94. The molecule has 0 bridgehead atoms. The highest BCUT2D eigenvalue weighted by Crippen LogP contribution is 2.24. The number of rotatable bonds is 5. The van der Waals surface area contributed by atoms with Crippen LogP contribution in [-0.2, 0) is 0 Å². The number of carbonyl (C=O) groups is 1. The number of nitrogens with one attached hydrogen (secondary N) is 1. The highest BCUT2D eigenvalue weighted by atomic mass is 19.1. The summed E-state index contributed by atoms with van der Waals surface area (Å²) < 4.78 is 18.4. The van der Waals surface area contributed by atoms with Crippen molar-refractivity contribution in [1.29, 1.82) is 0 Å². The smallest absolute Gasteiger partial charge is 0.322 e. The van der Waals surface area contributed by atoms with Gasteiger partial charge in [-0.05, 0) is 18.2 Å². The maximum Gasteiger partial charge on any atom is 0.322 e. The SMILES string of the molecule is O=C(Nc1nnc(-c2cccc(F)c2)o1)c1cc([N+](=O)[O-])cc([N+](=O)[O-])c1. The van der Waals surface area contributed by atoms with E-state index in [4.69, 9.17) is 4.42 Å². The lowest BCUT2D eigenvalue weighted by atomic mass is 10.1. The van der Waals surface area contributed by atoms with Crippen LogP contribution in [0.25, 0.3) is 11.5 Å². The molecule has 0 unspecified atom stereocenters. The average molecular weight is 373 g/mol. The van der Waals surface area contributed by atoms with Gasteiger partial charge in [-0.2, -0.15) is 0 Å². The number of anilines is 1. The molecular weight excluding hydrogens is 365 g/mol. The van der Waals surface area contributed by atoms with Crippen LogP contribution < -0.4 is 5.32 Å². The van der Waals surface area contributed by atoms with Gasteiger partial charge in [0.2, 0.25) is 5.89 Å². The van der Waals surface area contributed by atoms with Crippen LogP contribution in [0.2, 0.25) is 0 Å². The van der Waals surface area contributed by atoms with Crippen molar-refractivity contribution in [2.24, 2.45) is 0 Å². The number of hydrogen-bond acceptors (Lipinski definition) is 8. The maximum atomic E-state index is 13.2. The van der Waals surface area contributed by atoms with Crippen molar-refractivity contribution in [1.82, 2.24) is 10.2 Å². The molecule has 1 heterocycles. The molecule has 0 aliphatic rings. The minimum absolute atomic E-state index is 0.0742. The Bertz CT molecular complexity index is 1030. The first-order valence-corrected chi connectivity index (χ1v) is 7.18. The lowest BCUT2D eigenvalue weighted by Gasteiger charge is -2.01. The number of non-ortho nitro benzene ring substituents is 2. The Kier molecular flexibility index (Phi) is 4.53. The van der Waals surface area contributed by atoms with Crippen molar-refractivity contribution in [3.05, 3.63) is 74.1 Å². The Morgan fingerprint density at radius 2 is 1.70 bits per heavy atom. The van der Waals surface area contributed by atoms with E-state index in [-0.39, 0.29) is 23.0 Å². The van der Waals surface area contributed by atoms with E-state index in [9.17, 15) is 29.4 Å². The fraction of sp³-hybridized carbons (Fsp3) is 0. The lowest BCUT2D eigenvalue weighted by molar-refractivity contribution is -0.394. The van der Waals surface area contributed by atoms with E-state index in [1.54, 1.807) is 0 Å². The minimum atomic E-state index is -0.934. The summed E-state index contributed by atoms with van der Waals surface area (Å²) in [5.74, 6) is -1.54. The van der Waals surface area contributed by atoms with E-state index in [0.29, 0.717) is 0 Å². The van der Waals surface area contributed by atoms with Crippen molar-refractivity contribution in [2.75, 3.05) is 5.32 Å². The number of halogens is 1. The Morgan fingerprint density at radius 3 is 2.30 bits per heavy atom. The van der Waals surface area contributed by atoms with E-state index in [1.807, 2.05) is 0 Å². The number of carbonyl (C=O) groups excluding carboxylic acids is 1. The van der Waals surface area contributed by atoms with Crippen LogP contribution in [0.3, 0.4) is 0 Å². The van der Waals surface area contributed by atoms with Crippen LogP contribution >= 0.6 is 0 Å². The molecule has 0 radical (unpaired) electrons. The van der Waals surface area contributed by atoms with Crippen molar-refractivity contribution >= 4 is 23.3 Å². The quantitative estimate of drug-likeness (QED) is 0.529. The molecule has 0 aliphatic carbocycles. The third-order valence-corrected chi connectivity index (χ3v) is 3.30. The Hall–Kier alpha value is -4.22. The zero-order valence-corrected chi connectivity index (χ0v) is 13.2.